The van der Waals surface area contributed by atoms with E-state index in [-0.39, 0.29) is 18.6 Å². The molecule has 27 heavy (non-hydrogen) atoms. The van der Waals surface area contributed by atoms with Crippen molar-refractivity contribution in [2.75, 3.05) is 19.7 Å². The number of carbonyl (C=O) groups excluding carboxylic acids is 1. The van der Waals surface area contributed by atoms with Gasteiger partial charge in [-0.15, -0.1) is 0 Å². The summed E-state index contributed by atoms with van der Waals surface area (Å²) in [4.78, 5) is 18.6. The number of para-hydroxylation sites is 2. The van der Waals surface area contributed by atoms with Crippen LogP contribution in [0.25, 0.3) is 10.2 Å². The number of thiazole rings is 1. The number of nitrogens with zero attached hydrogens (tertiary/aromatic N) is 2. The van der Waals surface area contributed by atoms with Crippen LogP contribution in [0.15, 0.2) is 48.5 Å². The summed E-state index contributed by atoms with van der Waals surface area (Å²) < 4.78 is 12.6. The molecule has 0 radical (unpaired) electrons. The summed E-state index contributed by atoms with van der Waals surface area (Å²) in [5.74, 6) is 0.711. The molecule has 7 heteroatoms. The highest BCUT2D eigenvalue weighted by Crippen LogP contribution is 2.33. The van der Waals surface area contributed by atoms with E-state index in [2.05, 4.69) is 4.98 Å². The lowest BCUT2D eigenvalue weighted by Gasteiger charge is -2.31. The van der Waals surface area contributed by atoms with Gasteiger partial charge in [-0.05, 0) is 24.3 Å². The highest BCUT2D eigenvalue weighted by molar-refractivity contribution is 7.20. The minimum atomic E-state index is 0.00377. The summed E-state index contributed by atoms with van der Waals surface area (Å²) >= 11 is 7.67. The van der Waals surface area contributed by atoms with Crippen molar-refractivity contribution in [3.8, 4) is 10.9 Å². The molecule has 1 aliphatic heterocycles. The van der Waals surface area contributed by atoms with E-state index in [1.165, 1.54) is 11.3 Å². The van der Waals surface area contributed by atoms with E-state index in [0.29, 0.717) is 29.1 Å². The molecule has 0 atom stereocenters. The molecule has 140 valence electrons. The Hall–Kier alpha value is -2.31. The van der Waals surface area contributed by atoms with Crippen molar-refractivity contribution in [3.63, 3.8) is 0 Å². The zero-order chi connectivity index (χ0) is 18.6. The molecule has 0 spiro atoms. The first-order valence-electron chi connectivity index (χ1n) is 8.86. The molecule has 4 rings (SSSR count). The van der Waals surface area contributed by atoms with Crippen molar-refractivity contribution >= 4 is 39.1 Å². The lowest BCUT2D eigenvalue weighted by atomic mass is 10.1. The van der Waals surface area contributed by atoms with Gasteiger partial charge in [0.15, 0.2) is 6.61 Å². The number of hydrogen-bond acceptors (Lipinski definition) is 5. The summed E-state index contributed by atoms with van der Waals surface area (Å²) in [6, 6.07) is 15.1. The van der Waals surface area contributed by atoms with Crippen molar-refractivity contribution in [2.45, 2.75) is 18.9 Å². The van der Waals surface area contributed by atoms with Crippen LogP contribution in [0.3, 0.4) is 0 Å². The number of likely N-dealkylation sites (tertiary alicyclic amines) is 1. The van der Waals surface area contributed by atoms with Gasteiger partial charge in [0.1, 0.15) is 17.4 Å². The zero-order valence-electron chi connectivity index (χ0n) is 14.6. The predicted octanol–water partition coefficient (Wildman–Crippen LogP) is 4.40. The fourth-order valence-corrected chi connectivity index (χ4v) is 4.24. The van der Waals surface area contributed by atoms with Crippen molar-refractivity contribution in [1.29, 1.82) is 0 Å². The number of ether oxygens (including phenoxy) is 2. The number of aromatic nitrogens is 1. The van der Waals surface area contributed by atoms with Gasteiger partial charge in [0.05, 0.1) is 9.72 Å². The van der Waals surface area contributed by atoms with Crippen molar-refractivity contribution in [3.05, 3.63) is 53.6 Å². The molecule has 1 amide bonds. The van der Waals surface area contributed by atoms with Gasteiger partial charge < -0.3 is 14.4 Å². The second-order valence-electron chi connectivity index (χ2n) is 6.37. The van der Waals surface area contributed by atoms with Crippen molar-refractivity contribution in [2.24, 2.45) is 0 Å². The predicted molar refractivity (Wildman–Crippen MR) is 107 cm³/mol. The summed E-state index contributed by atoms with van der Waals surface area (Å²) in [7, 11) is 0. The van der Waals surface area contributed by atoms with E-state index in [9.17, 15) is 4.79 Å². The van der Waals surface area contributed by atoms with Gasteiger partial charge in [0.2, 0.25) is 0 Å². The molecule has 2 aromatic carbocycles. The molecule has 0 saturated carbocycles. The Bertz CT molecular complexity index is 923. The van der Waals surface area contributed by atoms with Crippen LogP contribution in [0.1, 0.15) is 12.8 Å². The summed E-state index contributed by atoms with van der Waals surface area (Å²) in [5.41, 5.74) is 0.782. The number of fused-ring (bicyclic) bond motifs is 1. The Balaban J connectivity index is 1.28. The van der Waals surface area contributed by atoms with Gasteiger partial charge in [-0.3, -0.25) is 4.79 Å². The summed E-state index contributed by atoms with van der Waals surface area (Å²) in [6.45, 7) is 1.38. The molecule has 1 aliphatic rings. The third-order valence-electron chi connectivity index (χ3n) is 4.52. The molecular formula is C20H19ClN2O3S. The third kappa shape index (κ3) is 4.34. The van der Waals surface area contributed by atoms with Crippen LogP contribution in [-0.2, 0) is 4.79 Å². The summed E-state index contributed by atoms with van der Waals surface area (Å²) in [6.07, 6.45) is 1.62. The van der Waals surface area contributed by atoms with E-state index < -0.39 is 0 Å². The highest BCUT2D eigenvalue weighted by atomic mass is 35.5. The van der Waals surface area contributed by atoms with Gasteiger partial charge >= 0.3 is 0 Å². The normalized spacial score (nSPS) is 15.1. The van der Waals surface area contributed by atoms with E-state index in [1.807, 2.05) is 53.4 Å². The van der Waals surface area contributed by atoms with Gasteiger partial charge in [0, 0.05) is 25.9 Å². The quantitative estimate of drug-likeness (QED) is 0.634. The maximum absolute atomic E-state index is 12.3. The largest absolute Gasteiger partial charge is 0.484 e. The van der Waals surface area contributed by atoms with Gasteiger partial charge in [-0.1, -0.05) is 47.2 Å². The lowest BCUT2D eigenvalue weighted by molar-refractivity contribution is -0.135. The molecule has 3 aromatic rings. The third-order valence-corrected chi connectivity index (χ3v) is 5.73. The minimum absolute atomic E-state index is 0.00377. The van der Waals surface area contributed by atoms with Crippen LogP contribution >= 0.6 is 22.9 Å². The van der Waals surface area contributed by atoms with Crippen molar-refractivity contribution < 1.29 is 14.3 Å². The van der Waals surface area contributed by atoms with Crippen molar-refractivity contribution in [1.82, 2.24) is 9.88 Å². The van der Waals surface area contributed by atoms with Gasteiger partial charge in [0.25, 0.3) is 11.1 Å². The van der Waals surface area contributed by atoms with Gasteiger partial charge in [-0.25, -0.2) is 4.98 Å². The standard InChI is InChI=1S/C20H19ClN2O3S/c21-16-7-4-8-17-19(16)22-20(27-17)26-15-9-11-23(12-10-15)18(24)13-25-14-5-2-1-3-6-14/h1-8,15H,9-13H2. The van der Waals surface area contributed by atoms with Crippen LogP contribution in [0, 0.1) is 0 Å². The Morgan fingerprint density at radius 2 is 1.93 bits per heavy atom. The first-order chi connectivity index (χ1) is 13.2. The van der Waals surface area contributed by atoms with E-state index in [1.54, 1.807) is 0 Å². The fraction of sp³-hybridized carbons (Fsp3) is 0.300. The number of amides is 1. The van der Waals surface area contributed by atoms with E-state index >= 15 is 0 Å². The minimum Gasteiger partial charge on any atom is -0.484 e. The van der Waals surface area contributed by atoms with Crippen LogP contribution < -0.4 is 9.47 Å². The number of piperidine rings is 1. The van der Waals surface area contributed by atoms with E-state index in [0.717, 1.165) is 23.1 Å². The number of carbonyl (C=O) groups is 1. The lowest BCUT2D eigenvalue weighted by Crippen LogP contribution is -2.43. The second kappa shape index (κ2) is 8.15. The molecule has 1 saturated heterocycles. The SMILES string of the molecule is O=C(COc1ccccc1)N1CCC(Oc2nc3c(Cl)cccc3s2)CC1. The molecule has 5 nitrogen and oxygen atoms in total. The number of benzene rings is 2. The Morgan fingerprint density at radius 3 is 2.67 bits per heavy atom. The van der Waals surface area contributed by atoms with Crippen LogP contribution in [0.4, 0.5) is 0 Å². The van der Waals surface area contributed by atoms with Crippen LogP contribution in [0.2, 0.25) is 5.02 Å². The Kier molecular flexibility index (Phi) is 5.45. The maximum Gasteiger partial charge on any atom is 0.274 e. The molecule has 0 N–H and O–H groups in total. The average Bonchev–Trinajstić information content (AvgIpc) is 3.11. The topological polar surface area (TPSA) is 51.7 Å². The first-order valence-corrected chi connectivity index (χ1v) is 10.1. The Morgan fingerprint density at radius 1 is 1.15 bits per heavy atom. The molecule has 0 bridgehead atoms. The summed E-state index contributed by atoms with van der Waals surface area (Å²) in [5, 5.41) is 1.27. The molecule has 0 aliphatic carbocycles. The number of halogens is 1. The zero-order valence-corrected chi connectivity index (χ0v) is 16.2. The monoisotopic (exact) mass is 402 g/mol. The number of rotatable bonds is 5. The van der Waals surface area contributed by atoms with E-state index in [4.69, 9.17) is 21.1 Å². The molecule has 0 unspecified atom stereocenters. The molecular weight excluding hydrogens is 384 g/mol. The van der Waals surface area contributed by atoms with Crippen LogP contribution in [0.5, 0.6) is 10.9 Å². The first kappa shape index (κ1) is 18.1. The Labute approximate surface area is 166 Å². The maximum atomic E-state index is 12.3. The highest BCUT2D eigenvalue weighted by Gasteiger charge is 2.25. The second-order valence-corrected chi connectivity index (χ2v) is 7.77. The average molecular weight is 403 g/mol. The number of hydrogen-bond donors (Lipinski definition) is 0. The fourth-order valence-electron chi connectivity index (χ4n) is 3.06. The van der Waals surface area contributed by atoms with Crippen LogP contribution in [-0.4, -0.2) is 41.6 Å². The smallest absolute Gasteiger partial charge is 0.274 e. The van der Waals surface area contributed by atoms with Gasteiger partial charge in [-0.2, -0.15) is 0 Å². The molecule has 1 aromatic heterocycles. The molecule has 1 fully saturated rings. The molecule has 2 heterocycles.